The van der Waals surface area contributed by atoms with Gasteiger partial charge in [-0.05, 0) is 38.0 Å². The zero-order valence-electron chi connectivity index (χ0n) is 15.5. The lowest BCUT2D eigenvalue weighted by molar-refractivity contribution is -0.138. The number of carbonyl (C=O) groups excluding carboxylic acids is 3. The Hall–Kier alpha value is -3.15. The number of aromatic amines is 1. The third-order valence-electron chi connectivity index (χ3n) is 4.50. The van der Waals surface area contributed by atoms with E-state index in [-0.39, 0.29) is 18.2 Å². The monoisotopic (exact) mass is 367 g/mol. The lowest BCUT2D eigenvalue weighted by Gasteiger charge is -2.16. The van der Waals surface area contributed by atoms with Crippen molar-refractivity contribution in [2.45, 2.75) is 27.2 Å². The Morgan fingerprint density at radius 1 is 1.22 bits per heavy atom. The van der Waals surface area contributed by atoms with E-state index in [0.717, 1.165) is 5.56 Å². The van der Waals surface area contributed by atoms with Crippen LogP contribution < -0.4 is 4.74 Å². The van der Waals surface area contributed by atoms with Gasteiger partial charge in [0.05, 0.1) is 11.3 Å². The molecule has 0 spiro atoms. The van der Waals surface area contributed by atoms with Crippen LogP contribution in [0.25, 0.3) is 6.08 Å². The van der Waals surface area contributed by atoms with E-state index in [1.807, 2.05) is 31.2 Å². The normalized spacial score (nSPS) is 12.6. The van der Waals surface area contributed by atoms with Crippen molar-refractivity contribution in [3.8, 4) is 5.75 Å². The second-order valence-corrected chi connectivity index (χ2v) is 6.38. The van der Waals surface area contributed by atoms with Crippen molar-refractivity contribution in [1.82, 2.24) is 4.98 Å². The molecule has 0 unspecified atom stereocenters. The van der Waals surface area contributed by atoms with Crippen LogP contribution in [0, 0.1) is 6.92 Å². The Morgan fingerprint density at radius 2 is 1.96 bits per heavy atom. The van der Waals surface area contributed by atoms with Crippen LogP contribution >= 0.6 is 0 Å². The number of aromatic nitrogens is 1. The third kappa shape index (κ3) is 3.69. The van der Waals surface area contributed by atoms with Gasteiger partial charge in [0, 0.05) is 16.8 Å². The molecule has 0 amide bonds. The first-order valence-electron chi connectivity index (χ1n) is 8.77. The highest BCUT2D eigenvalue weighted by molar-refractivity contribution is 6.05. The van der Waals surface area contributed by atoms with Crippen LogP contribution in [0.4, 0.5) is 0 Å². The van der Waals surface area contributed by atoms with Crippen molar-refractivity contribution in [3.05, 3.63) is 57.9 Å². The molecule has 0 saturated heterocycles. The van der Waals surface area contributed by atoms with Crippen molar-refractivity contribution in [2.24, 2.45) is 0 Å². The van der Waals surface area contributed by atoms with Gasteiger partial charge in [-0.2, -0.15) is 0 Å². The summed E-state index contributed by atoms with van der Waals surface area (Å²) < 4.78 is 10.7. The van der Waals surface area contributed by atoms with Crippen LogP contribution in [-0.2, 0) is 16.0 Å². The molecule has 0 fully saturated rings. The van der Waals surface area contributed by atoms with Crippen LogP contribution in [0.3, 0.4) is 0 Å². The van der Waals surface area contributed by atoms with Gasteiger partial charge in [0.1, 0.15) is 12.4 Å². The van der Waals surface area contributed by atoms with E-state index < -0.39 is 12.6 Å². The van der Waals surface area contributed by atoms with Gasteiger partial charge in [-0.25, -0.2) is 4.79 Å². The minimum atomic E-state index is -0.592. The quantitative estimate of drug-likeness (QED) is 0.625. The fraction of sp³-hybridized carbons (Fsp3) is 0.286. The number of ether oxygens (including phenoxy) is 2. The number of fused-ring (bicyclic) bond motifs is 1. The number of nitrogens with one attached hydrogen (secondary N) is 1. The average Bonchev–Trinajstić information content (AvgIpc) is 3.02. The summed E-state index contributed by atoms with van der Waals surface area (Å²) >= 11 is 0. The Morgan fingerprint density at radius 3 is 2.67 bits per heavy atom. The standard InChI is InChI=1S/C21H21NO5/c1-4-16-19(13(3)23)12(2)22-20(16)17(24)11-27-21(25)15-9-14-7-5-6-8-18(14)26-10-15/h5-9,22H,4,10-11H2,1-3H3. The first-order chi connectivity index (χ1) is 12.9. The highest BCUT2D eigenvalue weighted by Gasteiger charge is 2.24. The van der Waals surface area contributed by atoms with Gasteiger partial charge in [0.2, 0.25) is 5.78 Å². The molecule has 1 N–H and O–H groups in total. The summed E-state index contributed by atoms with van der Waals surface area (Å²) in [6.45, 7) is 4.79. The Labute approximate surface area is 157 Å². The molecule has 0 atom stereocenters. The number of H-pyrrole nitrogens is 1. The number of aryl methyl sites for hydroxylation is 1. The van der Waals surface area contributed by atoms with E-state index in [9.17, 15) is 14.4 Å². The molecule has 1 aliphatic heterocycles. The molecule has 0 bridgehead atoms. The molecule has 1 aromatic heterocycles. The smallest absolute Gasteiger partial charge is 0.337 e. The Kier molecular flexibility index (Phi) is 5.26. The molecular weight excluding hydrogens is 346 g/mol. The predicted octanol–water partition coefficient (Wildman–Crippen LogP) is 3.29. The maximum atomic E-state index is 12.5. The number of para-hydroxylation sites is 1. The highest BCUT2D eigenvalue weighted by Crippen LogP contribution is 2.26. The molecule has 27 heavy (non-hydrogen) atoms. The number of carbonyl (C=O) groups is 3. The summed E-state index contributed by atoms with van der Waals surface area (Å²) in [5.74, 6) is -0.351. The summed E-state index contributed by atoms with van der Waals surface area (Å²) in [4.78, 5) is 39.6. The summed E-state index contributed by atoms with van der Waals surface area (Å²) in [6.07, 6.45) is 2.24. The zero-order chi connectivity index (χ0) is 19.6. The fourth-order valence-corrected chi connectivity index (χ4v) is 3.27. The first-order valence-corrected chi connectivity index (χ1v) is 8.77. The maximum Gasteiger partial charge on any atom is 0.337 e. The van der Waals surface area contributed by atoms with E-state index in [1.54, 1.807) is 13.0 Å². The largest absolute Gasteiger partial charge is 0.488 e. The minimum absolute atomic E-state index is 0.0974. The van der Waals surface area contributed by atoms with E-state index in [0.29, 0.717) is 40.3 Å². The van der Waals surface area contributed by atoms with Crippen LogP contribution in [0.5, 0.6) is 5.75 Å². The van der Waals surface area contributed by atoms with Crippen molar-refractivity contribution >= 4 is 23.6 Å². The van der Waals surface area contributed by atoms with E-state index in [1.165, 1.54) is 6.92 Å². The molecule has 140 valence electrons. The maximum absolute atomic E-state index is 12.5. The molecule has 2 heterocycles. The van der Waals surface area contributed by atoms with Crippen molar-refractivity contribution in [3.63, 3.8) is 0 Å². The highest BCUT2D eigenvalue weighted by atomic mass is 16.5. The van der Waals surface area contributed by atoms with Gasteiger partial charge in [0.15, 0.2) is 12.4 Å². The lowest BCUT2D eigenvalue weighted by Crippen LogP contribution is -2.21. The molecule has 0 aliphatic carbocycles. The summed E-state index contributed by atoms with van der Waals surface area (Å²) in [5, 5.41) is 0. The first kappa shape index (κ1) is 18.6. The topological polar surface area (TPSA) is 85.5 Å². The van der Waals surface area contributed by atoms with Gasteiger partial charge in [-0.15, -0.1) is 0 Å². The van der Waals surface area contributed by atoms with Crippen molar-refractivity contribution in [2.75, 3.05) is 13.2 Å². The van der Waals surface area contributed by atoms with E-state index >= 15 is 0 Å². The molecule has 3 rings (SSSR count). The van der Waals surface area contributed by atoms with Crippen LogP contribution in [-0.4, -0.2) is 35.7 Å². The molecule has 2 aromatic rings. The molecule has 0 saturated carbocycles. The van der Waals surface area contributed by atoms with Crippen molar-refractivity contribution < 1.29 is 23.9 Å². The number of hydrogen-bond acceptors (Lipinski definition) is 5. The zero-order valence-corrected chi connectivity index (χ0v) is 15.5. The van der Waals surface area contributed by atoms with Gasteiger partial charge in [-0.3, -0.25) is 9.59 Å². The van der Waals surface area contributed by atoms with E-state index in [2.05, 4.69) is 4.98 Å². The second-order valence-electron chi connectivity index (χ2n) is 6.38. The summed E-state index contributed by atoms with van der Waals surface area (Å²) in [7, 11) is 0. The lowest BCUT2D eigenvalue weighted by atomic mass is 10.0. The van der Waals surface area contributed by atoms with Crippen molar-refractivity contribution in [1.29, 1.82) is 0 Å². The van der Waals surface area contributed by atoms with Crippen LogP contribution in [0.1, 0.15) is 51.5 Å². The van der Waals surface area contributed by atoms with Crippen LogP contribution in [0.2, 0.25) is 0 Å². The van der Waals surface area contributed by atoms with E-state index in [4.69, 9.17) is 9.47 Å². The minimum Gasteiger partial charge on any atom is -0.488 e. The predicted molar refractivity (Wildman–Crippen MR) is 100 cm³/mol. The molecule has 1 aromatic carbocycles. The number of hydrogen-bond donors (Lipinski definition) is 1. The van der Waals surface area contributed by atoms with Gasteiger partial charge >= 0.3 is 5.97 Å². The molecule has 1 aliphatic rings. The fourth-order valence-electron chi connectivity index (χ4n) is 3.27. The molecule has 0 radical (unpaired) electrons. The SMILES string of the molecule is CCc1c(C(=O)COC(=O)C2=Cc3ccccc3OC2)[nH]c(C)c1C(C)=O. The Bertz CT molecular complexity index is 951. The number of Topliss-reactive ketones (excluding diaryl/α,β-unsaturated/α-hetero) is 2. The second kappa shape index (κ2) is 7.61. The Balaban J connectivity index is 1.72. The molecule has 6 nitrogen and oxygen atoms in total. The number of ketones is 2. The third-order valence-corrected chi connectivity index (χ3v) is 4.50. The molecular formula is C21H21NO5. The summed E-state index contributed by atoms with van der Waals surface area (Å²) in [6, 6.07) is 7.37. The van der Waals surface area contributed by atoms with Gasteiger partial charge in [-0.1, -0.05) is 25.1 Å². The van der Waals surface area contributed by atoms with Crippen LogP contribution in [0.15, 0.2) is 29.8 Å². The number of rotatable bonds is 6. The average molecular weight is 367 g/mol. The summed E-state index contributed by atoms with van der Waals surface area (Å²) in [5.41, 5.74) is 3.31. The molecule has 6 heteroatoms. The van der Waals surface area contributed by atoms with Gasteiger partial charge in [0.25, 0.3) is 0 Å². The number of benzene rings is 1. The van der Waals surface area contributed by atoms with Gasteiger partial charge < -0.3 is 14.5 Å². The number of esters is 1.